The summed E-state index contributed by atoms with van der Waals surface area (Å²) in [6, 6.07) is 22.8. The molecule has 1 fully saturated rings. The van der Waals surface area contributed by atoms with Gasteiger partial charge in [-0.3, -0.25) is 0 Å². The predicted molar refractivity (Wildman–Crippen MR) is 116 cm³/mol. The second-order valence-corrected chi connectivity index (χ2v) is 11.2. The van der Waals surface area contributed by atoms with Gasteiger partial charge in [0, 0.05) is 0 Å². The zero-order chi connectivity index (χ0) is 17.8. The number of unbranched alkanes of at least 4 members (excludes halogenated alkanes) is 1. The van der Waals surface area contributed by atoms with E-state index in [1.807, 2.05) is 0 Å². The molecule has 0 nitrogen and oxygen atoms in total. The second kappa shape index (κ2) is 8.22. The Hall–Kier alpha value is -1.86. The van der Waals surface area contributed by atoms with Crippen molar-refractivity contribution in [2.45, 2.75) is 38.1 Å². The molecule has 0 amide bonds. The molecule has 2 aromatic carbocycles. The highest BCUT2D eigenvalue weighted by Crippen LogP contribution is 2.51. The number of benzene rings is 2. The fourth-order valence-electron chi connectivity index (χ4n) is 5.35. The molecule has 2 aliphatic carbocycles. The first-order chi connectivity index (χ1) is 12.9. The van der Waals surface area contributed by atoms with Crippen molar-refractivity contribution in [3.8, 4) is 0 Å². The maximum atomic E-state index is 2.53. The van der Waals surface area contributed by atoms with Crippen LogP contribution in [0.15, 0.2) is 85.0 Å². The molecule has 4 atom stereocenters. The maximum Gasteiger partial charge on any atom is 0.106 e. The molecule has 0 saturated heterocycles. The van der Waals surface area contributed by atoms with E-state index >= 15 is 0 Å². The lowest BCUT2D eigenvalue weighted by Gasteiger charge is -2.29. The minimum absolute atomic E-state index is 0.735. The average Bonchev–Trinajstić information content (AvgIpc) is 3.07. The molecular formula is C25H30Si. The topological polar surface area (TPSA) is 0 Å². The Morgan fingerprint density at radius 2 is 1.38 bits per heavy atom. The molecule has 134 valence electrons. The minimum atomic E-state index is -1.25. The van der Waals surface area contributed by atoms with Gasteiger partial charge in [0.05, 0.1) is 0 Å². The molecule has 0 heterocycles. The van der Waals surface area contributed by atoms with Crippen LogP contribution in [0, 0.1) is 17.8 Å². The molecule has 0 bridgehead atoms. The van der Waals surface area contributed by atoms with Crippen molar-refractivity contribution in [3.63, 3.8) is 0 Å². The Morgan fingerprint density at radius 1 is 0.808 bits per heavy atom. The van der Waals surface area contributed by atoms with Gasteiger partial charge in [-0.15, -0.1) is 0 Å². The van der Waals surface area contributed by atoms with Crippen molar-refractivity contribution in [1.82, 2.24) is 0 Å². The van der Waals surface area contributed by atoms with E-state index in [-0.39, 0.29) is 0 Å². The molecule has 0 aliphatic heterocycles. The van der Waals surface area contributed by atoms with Crippen LogP contribution >= 0.6 is 0 Å². The second-order valence-electron chi connectivity index (χ2n) is 8.03. The third-order valence-electron chi connectivity index (χ3n) is 6.51. The summed E-state index contributed by atoms with van der Waals surface area (Å²) < 4.78 is 0. The van der Waals surface area contributed by atoms with Crippen molar-refractivity contribution in [1.29, 1.82) is 0 Å². The summed E-state index contributed by atoms with van der Waals surface area (Å²) >= 11 is 0. The van der Waals surface area contributed by atoms with Gasteiger partial charge in [0.15, 0.2) is 0 Å². The number of hydrogen-bond acceptors (Lipinski definition) is 0. The van der Waals surface area contributed by atoms with Gasteiger partial charge in [0.25, 0.3) is 0 Å². The summed E-state index contributed by atoms with van der Waals surface area (Å²) in [5.74, 6) is 2.37. The standard InChI is InChI=1S/C25H30Si/c1-2-3-12-20-19-25(24-18-11-10-17-23(20)24)26(21-13-6-4-7-14-21)22-15-8-5-9-16-22/h4-11,13-18,20,23-26H,2-3,12,19H2,1H3. The summed E-state index contributed by atoms with van der Waals surface area (Å²) in [5.41, 5.74) is 0.827. The Kier molecular flexibility index (Phi) is 5.55. The Labute approximate surface area is 160 Å². The van der Waals surface area contributed by atoms with E-state index in [0.717, 1.165) is 23.3 Å². The van der Waals surface area contributed by atoms with Gasteiger partial charge in [-0.05, 0) is 36.1 Å². The fourth-order valence-corrected chi connectivity index (χ4v) is 9.45. The molecule has 1 heteroatoms. The van der Waals surface area contributed by atoms with Crippen LogP contribution < -0.4 is 10.4 Å². The van der Waals surface area contributed by atoms with Crippen molar-refractivity contribution >= 4 is 19.2 Å². The molecule has 0 radical (unpaired) electrons. The van der Waals surface area contributed by atoms with Gasteiger partial charge in [-0.1, -0.05) is 115 Å². The molecule has 0 aromatic heterocycles. The van der Waals surface area contributed by atoms with Gasteiger partial charge in [0.2, 0.25) is 0 Å². The number of rotatable bonds is 6. The minimum Gasteiger partial charge on any atom is -0.0808 e. The smallest absolute Gasteiger partial charge is 0.0808 e. The van der Waals surface area contributed by atoms with Crippen molar-refractivity contribution in [2.24, 2.45) is 17.8 Å². The van der Waals surface area contributed by atoms with Crippen LogP contribution in [0.25, 0.3) is 0 Å². The van der Waals surface area contributed by atoms with E-state index in [9.17, 15) is 0 Å². The molecule has 2 aliphatic rings. The van der Waals surface area contributed by atoms with Gasteiger partial charge in [-0.25, -0.2) is 0 Å². The lowest BCUT2D eigenvalue weighted by Crippen LogP contribution is -2.47. The normalized spacial score (nSPS) is 27.0. The molecule has 4 rings (SSSR count). The van der Waals surface area contributed by atoms with Crippen LogP contribution in [0.1, 0.15) is 32.6 Å². The van der Waals surface area contributed by atoms with E-state index in [2.05, 4.69) is 91.9 Å². The lowest BCUT2D eigenvalue weighted by molar-refractivity contribution is 0.383. The van der Waals surface area contributed by atoms with Crippen molar-refractivity contribution in [2.75, 3.05) is 0 Å². The van der Waals surface area contributed by atoms with Gasteiger partial charge in [-0.2, -0.15) is 0 Å². The summed E-state index contributed by atoms with van der Waals surface area (Å²) in [7, 11) is -1.25. The average molecular weight is 359 g/mol. The first-order valence-electron chi connectivity index (χ1n) is 10.3. The van der Waals surface area contributed by atoms with Gasteiger partial charge >= 0.3 is 0 Å². The predicted octanol–water partition coefficient (Wildman–Crippen LogP) is 4.97. The highest BCUT2D eigenvalue weighted by Gasteiger charge is 2.45. The lowest BCUT2D eigenvalue weighted by atomic mass is 9.84. The summed E-state index contributed by atoms with van der Waals surface area (Å²) in [6.45, 7) is 2.33. The SMILES string of the molecule is CCCCC1CC([SiH](c2ccccc2)c2ccccc2)C2C=CC=CC12. The Morgan fingerprint density at radius 3 is 1.96 bits per heavy atom. The molecule has 1 saturated carbocycles. The first kappa shape index (κ1) is 17.5. The van der Waals surface area contributed by atoms with Gasteiger partial charge in [0.1, 0.15) is 8.80 Å². The number of fused-ring (bicyclic) bond motifs is 1. The third kappa shape index (κ3) is 3.50. The molecule has 0 N–H and O–H groups in total. The van der Waals surface area contributed by atoms with Gasteiger partial charge < -0.3 is 0 Å². The Balaban J connectivity index is 1.71. The van der Waals surface area contributed by atoms with E-state index < -0.39 is 8.80 Å². The monoisotopic (exact) mass is 358 g/mol. The van der Waals surface area contributed by atoms with E-state index in [1.165, 1.54) is 25.7 Å². The first-order valence-corrected chi connectivity index (χ1v) is 12.2. The van der Waals surface area contributed by atoms with Crippen LogP contribution in [-0.4, -0.2) is 8.80 Å². The zero-order valence-corrected chi connectivity index (χ0v) is 17.0. The van der Waals surface area contributed by atoms with Crippen molar-refractivity contribution < 1.29 is 0 Å². The quantitative estimate of drug-likeness (QED) is 0.640. The third-order valence-corrected chi connectivity index (χ3v) is 10.3. The fraction of sp³-hybridized carbons (Fsp3) is 0.360. The van der Waals surface area contributed by atoms with E-state index in [1.54, 1.807) is 10.4 Å². The van der Waals surface area contributed by atoms with Crippen LogP contribution in [0.5, 0.6) is 0 Å². The van der Waals surface area contributed by atoms with E-state index in [4.69, 9.17) is 0 Å². The Bertz CT molecular complexity index is 707. The summed E-state index contributed by atoms with van der Waals surface area (Å²) in [5, 5.41) is 3.23. The summed E-state index contributed by atoms with van der Waals surface area (Å²) in [6.07, 6.45) is 15.2. The number of hydrogen-bond donors (Lipinski definition) is 0. The van der Waals surface area contributed by atoms with Crippen LogP contribution in [-0.2, 0) is 0 Å². The molecule has 2 aromatic rings. The van der Waals surface area contributed by atoms with Crippen LogP contribution in [0.2, 0.25) is 5.54 Å². The highest BCUT2D eigenvalue weighted by atomic mass is 28.3. The molecule has 0 spiro atoms. The van der Waals surface area contributed by atoms with Crippen LogP contribution in [0.3, 0.4) is 0 Å². The van der Waals surface area contributed by atoms with Crippen molar-refractivity contribution in [3.05, 3.63) is 85.0 Å². The largest absolute Gasteiger partial charge is 0.106 e. The zero-order valence-electron chi connectivity index (χ0n) is 15.8. The number of allylic oxidation sites excluding steroid dienone is 4. The molecule has 4 unspecified atom stereocenters. The maximum absolute atomic E-state index is 2.53. The molecule has 26 heavy (non-hydrogen) atoms. The van der Waals surface area contributed by atoms with Crippen LogP contribution in [0.4, 0.5) is 0 Å². The molecular weight excluding hydrogens is 328 g/mol. The highest BCUT2D eigenvalue weighted by molar-refractivity contribution is 6.86. The summed E-state index contributed by atoms with van der Waals surface area (Å²) in [4.78, 5) is 0. The van der Waals surface area contributed by atoms with E-state index in [0.29, 0.717) is 0 Å².